The summed E-state index contributed by atoms with van der Waals surface area (Å²) in [4.78, 5) is 35.6. The van der Waals surface area contributed by atoms with Gasteiger partial charge in [0.25, 0.3) is 5.91 Å². The molecule has 7 heteroatoms. The number of aromatic hydroxyl groups is 1. The molecule has 26 heavy (non-hydrogen) atoms. The van der Waals surface area contributed by atoms with Gasteiger partial charge in [-0.25, -0.2) is 0 Å². The van der Waals surface area contributed by atoms with Crippen LogP contribution in [-0.4, -0.2) is 34.1 Å². The van der Waals surface area contributed by atoms with Gasteiger partial charge in [-0.05, 0) is 12.0 Å². The number of carbonyl (C=O) groups excluding carboxylic acids is 3. The van der Waals surface area contributed by atoms with Crippen LogP contribution in [0.1, 0.15) is 55.1 Å². The second-order valence-electron chi connectivity index (χ2n) is 6.28. The number of nitrogens with zero attached hydrogens (tertiary/aromatic N) is 1. The van der Waals surface area contributed by atoms with Crippen LogP contribution >= 0.6 is 0 Å². The zero-order chi connectivity index (χ0) is 19.1. The van der Waals surface area contributed by atoms with E-state index in [1.54, 1.807) is 18.4 Å². The molecule has 0 saturated heterocycles. The summed E-state index contributed by atoms with van der Waals surface area (Å²) in [5.74, 6) is 0.107. The van der Waals surface area contributed by atoms with Gasteiger partial charge >= 0.3 is 31.1 Å². The van der Waals surface area contributed by atoms with E-state index in [1.807, 2.05) is 0 Å². The van der Waals surface area contributed by atoms with Crippen LogP contribution in [0.5, 0.6) is 5.75 Å². The van der Waals surface area contributed by atoms with E-state index in [4.69, 9.17) is 5.73 Å². The van der Waals surface area contributed by atoms with E-state index < -0.39 is 17.9 Å². The van der Waals surface area contributed by atoms with Crippen molar-refractivity contribution in [1.29, 1.82) is 0 Å². The molecule has 1 heterocycles. The first-order chi connectivity index (χ1) is 11.7. The van der Waals surface area contributed by atoms with Gasteiger partial charge in [-0.2, -0.15) is 27.2 Å². The second-order valence-corrected chi connectivity index (χ2v) is 6.28. The van der Waals surface area contributed by atoms with Crippen LogP contribution in [0.2, 0.25) is 0 Å². The Morgan fingerprint density at radius 2 is 2.04 bits per heavy atom. The van der Waals surface area contributed by atoms with E-state index in [2.05, 4.69) is 27.4 Å². The number of phenolic OH excluding ortho intramolecular Hbond substituents is 1. The van der Waals surface area contributed by atoms with Crippen LogP contribution in [0, 0.1) is 37.0 Å². The molecule has 2 amide bonds. The van der Waals surface area contributed by atoms with Crippen molar-refractivity contribution in [2.45, 2.75) is 46.2 Å². The van der Waals surface area contributed by atoms with Gasteiger partial charge in [0.05, 0.1) is 5.56 Å². The van der Waals surface area contributed by atoms with E-state index in [1.165, 1.54) is 16.9 Å². The fourth-order valence-electron chi connectivity index (χ4n) is 2.48. The fraction of sp³-hybridized carbons (Fsp3) is 0.368. The Labute approximate surface area is 178 Å². The van der Waals surface area contributed by atoms with Crippen LogP contribution in [0.4, 0.5) is 0 Å². The SMILES string of the molecule is C=Cc1ccc2c(c1O)C(=O)N(C(CC[C-]=O)C(N)=O)C2.C[C-](C)C.[U+2]. The molecule has 0 aromatic heterocycles. The van der Waals surface area contributed by atoms with Crippen molar-refractivity contribution >= 4 is 24.2 Å². The molecule has 1 aromatic carbocycles. The number of rotatable bonds is 6. The molecule has 0 spiro atoms. The van der Waals surface area contributed by atoms with Crippen LogP contribution in [0.25, 0.3) is 6.08 Å². The quantitative estimate of drug-likeness (QED) is 0.504. The average molecular weight is 582 g/mol. The number of amides is 2. The number of phenols is 1. The van der Waals surface area contributed by atoms with Crippen LogP contribution in [-0.2, 0) is 16.1 Å². The summed E-state index contributed by atoms with van der Waals surface area (Å²) in [6, 6.07) is 2.46. The molecule has 3 N–H and O–H groups in total. The monoisotopic (exact) mass is 582 g/mol. The zero-order valence-electron chi connectivity index (χ0n) is 15.3. The first-order valence-corrected chi connectivity index (χ1v) is 7.93. The molecule has 6 nitrogen and oxygen atoms in total. The number of primary amides is 1. The summed E-state index contributed by atoms with van der Waals surface area (Å²) in [5.41, 5.74) is 6.53. The Morgan fingerprint density at radius 3 is 2.50 bits per heavy atom. The maximum atomic E-state index is 12.4. The van der Waals surface area contributed by atoms with E-state index in [-0.39, 0.29) is 61.8 Å². The Kier molecular flexibility index (Phi) is 10.5. The van der Waals surface area contributed by atoms with Crippen molar-refractivity contribution in [3.63, 3.8) is 0 Å². The molecular weight excluding hydrogens is 558 g/mol. The van der Waals surface area contributed by atoms with Gasteiger partial charge in [0.1, 0.15) is 11.8 Å². The molecule has 1 aliphatic heterocycles. The second kappa shape index (κ2) is 11.2. The van der Waals surface area contributed by atoms with E-state index in [9.17, 15) is 19.5 Å². The van der Waals surface area contributed by atoms with Gasteiger partial charge in [-0.3, -0.25) is 15.9 Å². The van der Waals surface area contributed by atoms with Gasteiger partial charge in [0.2, 0.25) is 5.91 Å². The summed E-state index contributed by atoms with van der Waals surface area (Å²) in [6.45, 7) is 9.99. The predicted molar refractivity (Wildman–Crippen MR) is 96.2 cm³/mol. The standard InChI is InChI=1S/C15H15N2O4.C4H9.U/c1-2-9-5-6-10-8-17(15(21)12(10)13(9)19)11(14(16)20)4-3-7-18;1-4(2)3;/h2,5-6,11,19H,1,3-4,8H2,(H2,16,20);1-3H3;/q2*-1;+2. The minimum atomic E-state index is -0.891. The number of hydrogen-bond acceptors (Lipinski definition) is 4. The first-order valence-electron chi connectivity index (χ1n) is 7.93. The Balaban J connectivity index is 0.00000113. The average Bonchev–Trinajstić information content (AvgIpc) is 2.85. The molecule has 0 bridgehead atoms. The molecule has 1 unspecified atom stereocenters. The first kappa shape index (κ1) is 24.4. The molecule has 138 valence electrons. The Hall–Kier alpha value is -1.58. The summed E-state index contributed by atoms with van der Waals surface area (Å²) < 4.78 is 0. The number of fused-ring (bicyclic) bond motifs is 1. The maximum Gasteiger partial charge on any atom is 2.00 e. The summed E-state index contributed by atoms with van der Waals surface area (Å²) >= 11 is 0. The van der Waals surface area contributed by atoms with Crippen molar-refractivity contribution in [1.82, 2.24) is 4.90 Å². The summed E-state index contributed by atoms with van der Waals surface area (Å²) in [7, 11) is 0. The Morgan fingerprint density at radius 1 is 1.46 bits per heavy atom. The largest absolute Gasteiger partial charge is 2.00 e. The van der Waals surface area contributed by atoms with Crippen LogP contribution in [0.15, 0.2) is 18.7 Å². The smallest absolute Gasteiger partial charge is 0.542 e. The van der Waals surface area contributed by atoms with Gasteiger partial charge in [0, 0.05) is 12.1 Å². The molecule has 1 aromatic rings. The van der Waals surface area contributed by atoms with Gasteiger partial charge < -0.3 is 26.5 Å². The van der Waals surface area contributed by atoms with Crippen molar-refractivity contribution < 1.29 is 50.6 Å². The molecule has 0 radical (unpaired) electrons. The van der Waals surface area contributed by atoms with Gasteiger partial charge in [0.15, 0.2) is 0 Å². The van der Waals surface area contributed by atoms with Crippen LogP contribution in [0.3, 0.4) is 0 Å². The van der Waals surface area contributed by atoms with Crippen molar-refractivity contribution in [3.05, 3.63) is 41.3 Å². The third kappa shape index (κ3) is 6.00. The summed E-state index contributed by atoms with van der Waals surface area (Å²) in [5, 5.41) is 10.1. The molecule has 1 atom stereocenters. The normalized spacial score (nSPS) is 13.2. The topological polar surface area (TPSA) is 101 Å². The molecule has 0 fully saturated rings. The zero-order valence-corrected chi connectivity index (χ0v) is 19.5. The number of carbonyl (C=O) groups is 2. The molecule has 1 aliphatic rings. The fourth-order valence-corrected chi connectivity index (χ4v) is 2.48. The van der Waals surface area contributed by atoms with Crippen LogP contribution < -0.4 is 5.73 Å². The summed E-state index contributed by atoms with van der Waals surface area (Å²) in [6.07, 6.45) is 3.26. The maximum absolute atomic E-state index is 12.4. The Bertz CT molecular complexity index is 671. The van der Waals surface area contributed by atoms with Crippen molar-refractivity contribution in [2.75, 3.05) is 0 Å². The number of nitrogens with two attached hydrogens (primary N) is 1. The number of benzene rings is 1. The third-order valence-corrected chi connectivity index (χ3v) is 3.56. The minimum absolute atomic E-state index is 0. The van der Waals surface area contributed by atoms with E-state index >= 15 is 0 Å². The number of hydrogen-bond donors (Lipinski definition) is 2. The molecular formula is C19H24N2O4U. The van der Waals surface area contributed by atoms with Gasteiger partial charge in [-0.1, -0.05) is 24.8 Å². The minimum Gasteiger partial charge on any atom is -0.542 e. The van der Waals surface area contributed by atoms with Crippen molar-refractivity contribution in [3.8, 4) is 5.75 Å². The van der Waals surface area contributed by atoms with Gasteiger partial charge in [-0.15, -0.1) is 0 Å². The molecule has 0 saturated carbocycles. The third-order valence-electron chi connectivity index (χ3n) is 3.56. The predicted octanol–water partition coefficient (Wildman–Crippen LogP) is 2.36. The molecule has 2 rings (SSSR count). The van der Waals surface area contributed by atoms with E-state index in [0.29, 0.717) is 11.1 Å². The van der Waals surface area contributed by atoms with Crippen molar-refractivity contribution in [2.24, 2.45) is 5.73 Å². The molecule has 0 aliphatic carbocycles. The van der Waals surface area contributed by atoms with E-state index in [0.717, 1.165) is 0 Å².